The zero-order valence-electron chi connectivity index (χ0n) is 44.3. The molecule has 0 bridgehead atoms. The second-order valence-corrected chi connectivity index (χ2v) is 22.0. The van der Waals surface area contributed by atoms with Gasteiger partial charge in [-0.1, -0.05) is 116 Å². The Morgan fingerprint density at radius 3 is 1.00 bits per heavy atom. The maximum absolute atomic E-state index is 7.24. The van der Waals surface area contributed by atoms with Crippen LogP contribution in [-0.4, -0.2) is 29.9 Å². The molecule has 1 aliphatic heterocycles. The number of pyridine rings is 6. The Morgan fingerprint density at radius 2 is 0.711 bits per heavy atom. The number of rotatable bonds is 12. The van der Waals surface area contributed by atoms with Gasteiger partial charge in [-0.05, 0) is 153 Å². The van der Waals surface area contributed by atoms with Crippen LogP contribution >= 0.6 is 0 Å². The standard InChI is InChI=1S/C67H60N6O3/c1-65(2,3)49-33-47(41-74-51-25-21-43(22-26-51)45-35-59(55-17-9-13-29-68-55)72-60(36-45)56-18-10-14-30-69-56)63-53(39-49)67(7,8)54-40-50(66(4,5)6)34-48(64(54)76-63)42-75-52-27-23-44(24-28-52)46-37-61(57-19-11-15-31-70-57)73-62(38-46)58-20-12-16-32-71-58/h9-40H,41-42H2,1-8H3. The zero-order chi connectivity index (χ0) is 52.6. The number of fused-ring (bicyclic) bond motifs is 2. The lowest BCUT2D eigenvalue weighted by molar-refractivity contribution is 0.288. The third kappa shape index (κ3) is 10.3. The Labute approximate surface area is 445 Å². The topological polar surface area (TPSA) is 105 Å². The van der Waals surface area contributed by atoms with E-state index >= 15 is 0 Å². The maximum atomic E-state index is 7.24. The molecule has 0 fully saturated rings. The third-order valence-corrected chi connectivity index (χ3v) is 14.1. The lowest BCUT2D eigenvalue weighted by Gasteiger charge is -2.39. The van der Waals surface area contributed by atoms with Gasteiger partial charge in [0.05, 0.1) is 45.6 Å². The first kappa shape index (κ1) is 49.4. The van der Waals surface area contributed by atoms with Gasteiger partial charge in [0.25, 0.3) is 0 Å². The fraction of sp³-hybridized carbons (Fsp3) is 0.194. The monoisotopic (exact) mass is 996 g/mol. The normalized spacial score (nSPS) is 12.8. The molecule has 7 heterocycles. The summed E-state index contributed by atoms with van der Waals surface area (Å²) in [6.45, 7) is 18.8. The van der Waals surface area contributed by atoms with E-state index in [-0.39, 0.29) is 10.8 Å². The van der Waals surface area contributed by atoms with Crippen molar-refractivity contribution in [1.82, 2.24) is 29.9 Å². The molecule has 0 N–H and O–H groups in total. The minimum atomic E-state index is -0.419. The van der Waals surface area contributed by atoms with E-state index in [0.29, 0.717) is 13.2 Å². The zero-order valence-corrected chi connectivity index (χ0v) is 44.3. The second-order valence-electron chi connectivity index (χ2n) is 22.0. The molecule has 0 unspecified atom stereocenters. The van der Waals surface area contributed by atoms with Gasteiger partial charge in [-0.15, -0.1) is 0 Å². The molecule has 11 rings (SSSR count). The Hall–Kier alpha value is -8.82. The van der Waals surface area contributed by atoms with Gasteiger partial charge in [0, 0.05) is 52.5 Å². The highest BCUT2D eigenvalue weighted by atomic mass is 16.5. The molecule has 10 aromatic rings. The molecule has 6 aromatic heterocycles. The summed E-state index contributed by atoms with van der Waals surface area (Å²) in [7, 11) is 0. The quantitative estimate of drug-likeness (QED) is 0.118. The average molecular weight is 997 g/mol. The molecule has 0 saturated carbocycles. The first-order chi connectivity index (χ1) is 36.6. The van der Waals surface area contributed by atoms with Crippen molar-refractivity contribution in [3.8, 4) is 90.8 Å². The predicted octanol–water partition coefficient (Wildman–Crippen LogP) is 16.2. The molecule has 0 amide bonds. The number of nitrogens with zero attached hydrogens (tertiary/aromatic N) is 6. The van der Waals surface area contributed by atoms with Gasteiger partial charge >= 0.3 is 0 Å². The number of ether oxygens (including phenoxy) is 3. The Kier molecular flexibility index (Phi) is 13.1. The summed E-state index contributed by atoms with van der Waals surface area (Å²) in [5.74, 6) is 3.15. The van der Waals surface area contributed by atoms with Gasteiger partial charge in [-0.2, -0.15) is 0 Å². The van der Waals surface area contributed by atoms with E-state index in [0.717, 1.165) is 113 Å². The van der Waals surface area contributed by atoms with E-state index in [2.05, 4.69) is 148 Å². The molecule has 4 aromatic carbocycles. The number of benzene rings is 4. The summed E-state index contributed by atoms with van der Waals surface area (Å²) in [4.78, 5) is 28.4. The molecule has 0 aliphatic carbocycles. The van der Waals surface area contributed by atoms with Gasteiger partial charge in [0.15, 0.2) is 0 Å². The largest absolute Gasteiger partial charge is 0.489 e. The Morgan fingerprint density at radius 1 is 0.382 bits per heavy atom. The van der Waals surface area contributed by atoms with Crippen molar-refractivity contribution in [2.75, 3.05) is 0 Å². The van der Waals surface area contributed by atoms with Crippen molar-refractivity contribution in [3.05, 3.63) is 228 Å². The number of aromatic nitrogens is 6. The van der Waals surface area contributed by atoms with Crippen LogP contribution in [0.4, 0.5) is 0 Å². The summed E-state index contributed by atoms with van der Waals surface area (Å²) in [5, 5.41) is 0. The predicted molar refractivity (Wildman–Crippen MR) is 303 cm³/mol. The second kappa shape index (κ2) is 20.1. The van der Waals surface area contributed by atoms with Crippen LogP contribution in [0.15, 0.2) is 195 Å². The molecular weight excluding hydrogens is 937 g/mol. The molecule has 376 valence electrons. The van der Waals surface area contributed by atoms with Gasteiger partial charge in [-0.25, -0.2) is 9.97 Å². The van der Waals surface area contributed by atoms with Gasteiger partial charge in [-0.3, -0.25) is 19.9 Å². The molecule has 0 saturated heterocycles. The molecule has 0 atom stereocenters. The molecule has 76 heavy (non-hydrogen) atoms. The van der Waals surface area contributed by atoms with Crippen LogP contribution in [0.25, 0.3) is 67.8 Å². The Bertz CT molecular complexity index is 3330. The smallest absolute Gasteiger partial charge is 0.138 e. The fourth-order valence-corrected chi connectivity index (χ4v) is 9.66. The van der Waals surface area contributed by atoms with Crippen LogP contribution in [0.5, 0.6) is 23.0 Å². The van der Waals surface area contributed by atoms with Crippen LogP contribution < -0.4 is 14.2 Å². The highest BCUT2D eigenvalue weighted by Gasteiger charge is 2.39. The first-order valence-corrected chi connectivity index (χ1v) is 25.8. The summed E-state index contributed by atoms with van der Waals surface area (Å²) in [5.41, 5.74) is 16.3. The summed E-state index contributed by atoms with van der Waals surface area (Å²) in [6, 6.07) is 57.5. The lowest BCUT2D eigenvalue weighted by Crippen LogP contribution is -2.28. The van der Waals surface area contributed by atoms with E-state index in [1.807, 2.05) is 97.1 Å². The minimum Gasteiger partial charge on any atom is -0.489 e. The molecular formula is C67H60N6O3. The molecule has 1 aliphatic rings. The number of hydrogen-bond acceptors (Lipinski definition) is 9. The van der Waals surface area contributed by atoms with Gasteiger partial charge < -0.3 is 14.2 Å². The van der Waals surface area contributed by atoms with Crippen molar-refractivity contribution < 1.29 is 14.2 Å². The highest BCUT2D eigenvalue weighted by molar-refractivity contribution is 5.77. The van der Waals surface area contributed by atoms with Crippen LogP contribution in [0.2, 0.25) is 0 Å². The van der Waals surface area contributed by atoms with Gasteiger partial charge in [0.2, 0.25) is 0 Å². The molecule has 9 nitrogen and oxygen atoms in total. The fourth-order valence-electron chi connectivity index (χ4n) is 9.66. The van der Waals surface area contributed by atoms with E-state index in [1.165, 1.54) is 11.1 Å². The maximum Gasteiger partial charge on any atom is 0.138 e. The van der Waals surface area contributed by atoms with Crippen molar-refractivity contribution in [1.29, 1.82) is 0 Å². The van der Waals surface area contributed by atoms with E-state index in [9.17, 15) is 0 Å². The summed E-state index contributed by atoms with van der Waals surface area (Å²) < 4.78 is 20.7. The van der Waals surface area contributed by atoms with Crippen molar-refractivity contribution in [2.45, 2.75) is 84.8 Å². The van der Waals surface area contributed by atoms with Gasteiger partial charge in [0.1, 0.15) is 36.2 Å². The van der Waals surface area contributed by atoms with Crippen molar-refractivity contribution >= 4 is 0 Å². The SMILES string of the molecule is CC(C)(C)c1cc(COc2ccc(-c3cc(-c4ccccn4)nc(-c4ccccn4)c3)cc2)c2c(c1)C(C)(C)c1cc(C(C)(C)C)cc(COc3ccc(-c4cc(-c5ccccn5)nc(-c5ccccn5)c4)cc3)c1O2. The summed E-state index contributed by atoms with van der Waals surface area (Å²) >= 11 is 0. The molecule has 9 heteroatoms. The van der Waals surface area contributed by atoms with Crippen molar-refractivity contribution in [3.63, 3.8) is 0 Å². The van der Waals surface area contributed by atoms with Crippen molar-refractivity contribution in [2.24, 2.45) is 0 Å². The average Bonchev–Trinajstić information content (AvgIpc) is 3.44. The number of hydrogen-bond donors (Lipinski definition) is 0. The van der Waals surface area contributed by atoms with Crippen LogP contribution in [-0.2, 0) is 29.5 Å². The van der Waals surface area contributed by atoms with Crippen LogP contribution in [0.1, 0.15) is 88.8 Å². The Balaban J connectivity index is 0.886. The molecule has 0 spiro atoms. The molecule has 0 radical (unpaired) electrons. The third-order valence-electron chi connectivity index (χ3n) is 14.1. The van der Waals surface area contributed by atoms with E-state index in [4.69, 9.17) is 24.2 Å². The first-order valence-electron chi connectivity index (χ1n) is 25.8. The van der Waals surface area contributed by atoms with Crippen LogP contribution in [0.3, 0.4) is 0 Å². The van der Waals surface area contributed by atoms with E-state index < -0.39 is 5.41 Å². The van der Waals surface area contributed by atoms with Crippen LogP contribution in [0, 0.1) is 0 Å². The van der Waals surface area contributed by atoms with E-state index in [1.54, 1.807) is 24.8 Å². The lowest BCUT2D eigenvalue weighted by atomic mass is 9.71. The minimum absolute atomic E-state index is 0.128. The highest BCUT2D eigenvalue weighted by Crippen LogP contribution is 2.53. The summed E-state index contributed by atoms with van der Waals surface area (Å²) in [6.07, 6.45) is 7.15.